The fraction of sp³-hybridized carbons (Fsp3) is 0. The molecule has 14 rings (SSSR count). The molecule has 0 aliphatic rings. The minimum Gasteiger partial charge on any atom is -0.275 e. The largest absolute Gasteiger partial charge is 0.275 e. The van der Waals surface area contributed by atoms with E-state index in [1.807, 2.05) is 24.3 Å². The first kappa shape index (κ1) is 41.2. The standard InChI is InChI=1S/C66H42N6/c1-5-17-45(18-6-1)59-61(47-21-9-3-10-22-47)71-63(67-57-27-15-13-25-55(57)65(71)69-59)49-33-29-43(30-34-49)51-37-39-54-42-52(38-40-53(54)41-51)44-31-35-50(36-32-44)64-68-58-28-16-14-26-56(58)66-70-60(46-19-7-2-8-20-46)62(72(64)66)48-23-11-4-12-24-48/h1-42H. The van der Waals surface area contributed by atoms with Crippen molar-refractivity contribution in [3.63, 3.8) is 0 Å². The number of imidazole rings is 2. The highest BCUT2D eigenvalue weighted by Crippen LogP contribution is 2.41. The van der Waals surface area contributed by atoms with Crippen LogP contribution in [0.5, 0.6) is 0 Å². The molecule has 0 unspecified atom stereocenters. The first-order valence-electron chi connectivity index (χ1n) is 24.3. The Bertz CT molecular complexity index is 4050. The van der Waals surface area contributed by atoms with Crippen LogP contribution in [0, 0.1) is 0 Å². The van der Waals surface area contributed by atoms with E-state index in [4.69, 9.17) is 19.9 Å². The van der Waals surface area contributed by atoms with Gasteiger partial charge in [-0.05, 0) is 69.4 Å². The summed E-state index contributed by atoms with van der Waals surface area (Å²) in [7, 11) is 0. The molecule has 72 heavy (non-hydrogen) atoms. The fourth-order valence-corrected chi connectivity index (χ4v) is 10.4. The Hall–Kier alpha value is -9.78. The van der Waals surface area contributed by atoms with E-state index in [1.54, 1.807) is 0 Å². The van der Waals surface area contributed by atoms with Crippen LogP contribution in [-0.2, 0) is 0 Å². The van der Waals surface area contributed by atoms with Crippen LogP contribution in [0.4, 0.5) is 0 Å². The lowest BCUT2D eigenvalue weighted by molar-refractivity contribution is 1.13. The average molecular weight is 919 g/mol. The molecule has 336 valence electrons. The zero-order chi connectivity index (χ0) is 47.5. The molecule has 0 bridgehead atoms. The Balaban J connectivity index is 0.810. The lowest BCUT2D eigenvalue weighted by atomic mass is 9.96. The van der Waals surface area contributed by atoms with E-state index >= 15 is 0 Å². The normalized spacial score (nSPS) is 11.6. The highest BCUT2D eigenvalue weighted by molar-refractivity contribution is 6.00. The summed E-state index contributed by atoms with van der Waals surface area (Å²) in [4.78, 5) is 21.4. The van der Waals surface area contributed by atoms with Crippen molar-refractivity contribution in [1.29, 1.82) is 0 Å². The molecule has 0 atom stereocenters. The number of hydrogen-bond acceptors (Lipinski definition) is 4. The Morgan fingerprint density at radius 2 is 0.556 bits per heavy atom. The van der Waals surface area contributed by atoms with E-state index in [-0.39, 0.29) is 0 Å². The number of benzene rings is 10. The van der Waals surface area contributed by atoms with Gasteiger partial charge < -0.3 is 0 Å². The summed E-state index contributed by atoms with van der Waals surface area (Å²) in [5.41, 5.74) is 18.4. The van der Waals surface area contributed by atoms with E-state index in [9.17, 15) is 0 Å². The molecule has 14 aromatic rings. The van der Waals surface area contributed by atoms with Crippen molar-refractivity contribution >= 4 is 43.9 Å². The molecular weight excluding hydrogens is 877 g/mol. The fourth-order valence-electron chi connectivity index (χ4n) is 10.4. The second-order valence-electron chi connectivity index (χ2n) is 18.2. The minimum atomic E-state index is 0.848. The zero-order valence-corrected chi connectivity index (χ0v) is 38.9. The molecule has 0 saturated heterocycles. The summed E-state index contributed by atoms with van der Waals surface area (Å²) in [6.07, 6.45) is 0. The number of rotatable bonds is 8. The molecule has 0 aliphatic heterocycles. The van der Waals surface area contributed by atoms with Crippen molar-refractivity contribution in [1.82, 2.24) is 28.7 Å². The van der Waals surface area contributed by atoms with Gasteiger partial charge in [0.2, 0.25) is 0 Å². The van der Waals surface area contributed by atoms with Crippen molar-refractivity contribution in [2.45, 2.75) is 0 Å². The van der Waals surface area contributed by atoms with E-state index in [2.05, 4.69) is 239 Å². The molecule has 6 nitrogen and oxygen atoms in total. The van der Waals surface area contributed by atoms with Gasteiger partial charge in [-0.25, -0.2) is 19.9 Å². The summed E-state index contributed by atoms with van der Waals surface area (Å²) in [6.45, 7) is 0. The summed E-state index contributed by atoms with van der Waals surface area (Å²) in [5.74, 6) is 1.70. The summed E-state index contributed by atoms with van der Waals surface area (Å²) in [6, 6.07) is 89.6. The highest BCUT2D eigenvalue weighted by Gasteiger charge is 2.24. The highest BCUT2D eigenvalue weighted by atomic mass is 15.1. The smallest absolute Gasteiger partial charge is 0.149 e. The Morgan fingerprint density at radius 3 is 0.944 bits per heavy atom. The SMILES string of the molecule is c1ccc(-c2nc3c4ccccc4nc(-c4ccc(-c5ccc6cc(-c7ccc(-c8nc9ccccc9c9nc(-c%10ccccc%10)c(-c%10ccccc%10)n89)cc7)ccc6c5)cc4)n3c2-c2ccccc2)cc1. The van der Waals surface area contributed by atoms with Crippen LogP contribution in [0.3, 0.4) is 0 Å². The van der Waals surface area contributed by atoms with Gasteiger partial charge in [-0.2, -0.15) is 0 Å². The van der Waals surface area contributed by atoms with Crippen LogP contribution in [0.15, 0.2) is 255 Å². The number of hydrogen-bond donors (Lipinski definition) is 0. The Kier molecular flexibility index (Phi) is 9.74. The van der Waals surface area contributed by atoms with Crippen LogP contribution in [0.25, 0.3) is 134 Å². The van der Waals surface area contributed by atoms with E-state index in [0.717, 1.165) is 123 Å². The van der Waals surface area contributed by atoms with Gasteiger partial charge in [-0.3, -0.25) is 8.80 Å². The van der Waals surface area contributed by atoms with E-state index in [0.29, 0.717) is 0 Å². The van der Waals surface area contributed by atoms with Crippen molar-refractivity contribution in [2.75, 3.05) is 0 Å². The third kappa shape index (κ3) is 6.96. The van der Waals surface area contributed by atoms with Gasteiger partial charge in [0.25, 0.3) is 0 Å². The first-order valence-corrected chi connectivity index (χ1v) is 24.3. The molecule has 0 spiro atoms. The van der Waals surface area contributed by atoms with E-state index in [1.165, 1.54) is 10.8 Å². The molecule has 0 radical (unpaired) electrons. The Morgan fingerprint density at radius 1 is 0.236 bits per heavy atom. The molecule has 10 aromatic carbocycles. The number of aromatic nitrogens is 6. The average Bonchev–Trinajstić information content (AvgIpc) is 4.07. The molecule has 0 fully saturated rings. The van der Waals surface area contributed by atoms with Gasteiger partial charge in [-0.15, -0.1) is 0 Å². The molecule has 0 amide bonds. The van der Waals surface area contributed by atoms with Gasteiger partial charge in [0.1, 0.15) is 22.9 Å². The van der Waals surface area contributed by atoms with Crippen molar-refractivity contribution in [3.8, 4) is 90.1 Å². The molecule has 0 aliphatic carbocycles. The van der Waals surface area contributed by atoms with Crippen LogP contribution >= 0.6 is 0 Å². The second-order valence-corrected chi connectivity index (χ2v) is 18.2. The van der Waals surface area contributed by atoms with Crippen LogP contribution in [0.2, 0.25) is 0 Å². The topological polar surface area (TPSA) is 60.4 Å². The maximum atomic E-state index is 5.37. The second kappa shape index (κ2) is 17.0. The van der Waals surface area contributed by atoms with Crippen LogP contribution in [0.1, 0.15) is 0 Å². The number of para-hydroxylation sites is 2. The third-order valence-corrected chi connectivity index (χ3v) is 13.9. The lowest BCUT2D eigenvalue weighted by Crippen LogP contribution is -2.00. The Labute approximate surface area is 415 Å². The number of fused-ring (bicyclic) bond motifs is 7. The van der Waals surface area contributed by atoms with Crippen LogP contribution in [-0.4, -0.2) is 28.7 Å². The van der Waals surface area contributed by atoms with Crippen LogP contribution < -0.4 is 0 Å². The molecule has 4 aromatic heterocycles. The van der Waals surface area contributed by atoms with Gasteiger partial charge in [0.15, 0.2) is 0 Å². The number of nitrogens with zero attached hydrogens (tertiary/aromatic N) is 6. The van der Waals surface area contributed by atoms with Crippen molar-refractivity contribution < 1.29 is 0 Å². The van der Waals surface area contributed by atoms with Crippen molar-refractivity contribution in [2.24, 2.45) is 0 Å². The van der Waals surface area contributed by atoms with Gasteiger partial charge in [0.05, 0.1) is 33.8 Å². The van der Waals surface area contributed by atoms with Crippen molar-refractivity contribution in [3.05, 3.63) is 255 Å². The maximum absolute atomic E-state index is 5.37. The van der Waals surface area contributed by atoms with Gasteiger partial charge >= 0.3 is 0 Å². The van der Waals surface area contributed by atoms with Gasteiger partial charge in [-0.1, -0.05) is 218 Å². The summed E-state index contributed by atoms with van der Waals surface area (Å²) >= 11 is 0. The molecule has 6 heteroatoms. The lowest BCUT2D eigenvalue weighted by Gasteiger charge is -2.13. The molecule has 4 heterocycles. The predicted molar refractivity (Wildman–Crippen MR) is 296 cm³/mol. The maximum Gasteiger partial charge on any atom is 0.149 e. The van der Waals surface area contributed by atoms with Gasteiger partial charge in [0, 0.05) is 44.2 Å². The summed E-state index contributed by atoms with van der Waals surface area (Å²) in [5, 5.41) is 4.39. The zero-order valence-electron chi connectivity index (χ0n) is 38.9. The first-order chi connectivity index (χ1) is 35.7. The minimum absolute atomic E-state index is 0.848. The quantitative estimate of drug-likeness (QED) is 0.152. The molecule has 0 N–H and O–H groups in total. The molecule has 0 saturated carbocycles. The summed E-state index contributed by atoms with van der Waals surface area (Å²) < 4.78 is 4.50. The van der Waals surface area contributed by atoms with E-state index < -0.39 is 0 Å². The predicted octanol–water partition coefficient (Wildman–Crippen LogP) is 16.6. The third-order valence-electron chi connectivity index (χ3n) is 13.9. The molecular formula is C66H42N6. The monoisotopic (exact) mass is 918 g/mol.